The summed E-state index contributed by atoms with van der Waals surface area (Å²) in [5.74, 6) is -4.83. The second-order valence-corrected chi connectivity index (χ2v) is 21.1. The van der Waals surface area contributed by atoms with Gasteiger partial charge in [-0.05, 0) is 74.5 Å². The minimum atomic E-state index is -1.85. The summed E-state index contributed by atoms with van der Waals surface area (Å²) in [6, 6.07) is 8.89. The first-order valence-electron chi connectivity index (χ1n) is 24.9. The number of aliphatic carboxylic acids is 1. The first-order valence-corrected chi connectivity index (χ1v) is 27.4. The van der Waals surface area contributed by atoms with Gasteiger partial charge in [0.05, 0.1) is 12.2 Å². The lowest BCUT2D eigenvalue weighted by Crippen LogP contribution is -2.62. The highest BCUT2D eigenvalue weighted by molar-refractivity contribution is 8.76. The Balaban J connectivity index is 1.62. The number of phenols is 1. The van der Waals surface area contributed by atoms with E-state index in [1.54, 1.807) is 60.8 Å². The van der Waals surface area contributed by atoms with E-state index in [0.29, 0.717) is 34.0 Å². The van der Waals surface area contributed by atoms with Crippen LogP contribution in [-0.4, -0.2) is 164 Å². The smallest absolute Gasteiger partial charge is 0.328 e. The number of rotatable bonds is 20. The van der Waals surface area contributed by atoms with Crippen LogP contribution in [0.4, 0.5) is 0 Å². The summed E-state index contributed by atoms with van der Waals surface area (Å²) in [7, 11) is 1.75. The Morgan fingerprint density at radius 1 is 0.731 bits per heavy atom. The monoisotopic (exact) mass is 1120 g/mol. The average molecular weight is 1120 g/mol. The highest BCUT2D eigenvalue weighted by atomic mass is 33.1. The molecule has 17 N–H and O–H groups in total. The van der Waals surface area contributed by atoms with Gasteiger partial charge in [0.2, 0.25) is 47.3 Å². The number of aromatic hydroxyl groups is 1. The van der Waals surface area contributed by atoms with Gasteiger partial charge in [-0.15, -0.1) is 0 Å². The van der Waals surface area contributed by atoms with Crippen molar-refractivity contribution < 1.29 is 68.4 Å². The molecule has 78 heavy (non-hydrogen) atoms. The van der Waals surface area contributed by atoms with Crippen molar-refractivity contribution in [3.63, 3.8) is 0 Å². The van der Waals surface area contributed by atoms with E-state index < -0.39 is 126 Å². The first kappa shape index (κ1) is 61.6. The molecule has 1 aliphatic rings. The maximum atomic E-state index is 14.9. The Morgan fingerprint density at radius 3 is 2.01 bits per heavy atom. The van der Waals surface area contributed by atoms with Crippen molar-refractivity contribution in [3.8, 4) is 5.75 Å². The zero-order valence-corrected chi connectivity index (χ0v) is 44.4. The Bertz CT molecular complexity index is 2700. The number of unbranched alkanes of at least 4 members (excludes halogenated alkanes) is 1. The van der Waals surface area contributed by atoms with Crippen molar-refractivity contribution >= 4 is 85.7 Å². The Labute approximate surface area is 456 Å². The van der Waals surface area contributed by atoms with Gasteiger partial charge in [-0.3, -0.25) is 43.2 Å². The fraction of sp³-hybridized carbons (Fsp3) is 0.431. The minimum absolute atomic E-state index is 0.0468. The fourth-order valence-electron chi connectivity index (χ4n) is 8.19. The van der Waals surface area contributed by atoms with Gasteiger partial charge in [0, 0.05) is 47.9 Å². The second kappa shape index (κ2) is 30.6. The van der Waals surface area contributed by atoms with Crippen LogP contribution in [0.25, 0.3) is 10.9 Å². The van der Waals surface area contributed by atoms with E-state index >= 15 is 0 Å². The highest BCUT2D eigenvalue weighted by Crippen LogP contribution is 2.25. The van der Waals surface area contributed by atoms with Gasteiger partial charge in [0.25, 0.3) is 0 Å². The summed E-state index contributed by atoms with van der Waals surface area (Å²) in [5, 5.41) is 62.2. The van der Waals surface area contributed by atoms with Gasteiger partial charge in [-0.25, -0.2) is 10.7 Å². The Hall–Kier alpha value is -7.27. The van der Waals surface area contributed by atoms with Gasteiger partial charge in [0.15, 0.2) is 6.04 Å². The highest BCUT2D eigenvalue weighted by Gasteiger charge is 2.37. The van der Waals surface area contributed by atoms with Crippen LogP contribution in [0.15, 0.2) is 85.1 Å². The Kier molecular flexibility index (Phi) is 24.2. The number of carboxylic acids is 1. The number of nitrogens with one attached hydrogen (secondary N) is 9. The second-order valence-electron chi connectivity index (χ2n) is 18.5. The van der Waals surface area contributed by atoms with Crippen LogP contribution in [0.1, 0.15) is 49.8 Å². The molecule has 2 unspecified atom stereocenters. The largest absolute Gasteiger partial charge is 0.508 e. The number of aliphatic hydroxyl groups is 2. The van der Waals surface area contributed by atoms with Gasteiger partial charge in [0.1, 0.15) is 54.6 Å². The third-order valence-corrected chi connectivity index (χ3v) is 14.8. The number of nitrogens with two attached hydrogens (primary N) is 2. The standard InChI is InChI=1S/C51H67N11O14S2/c1-27(63)42-50(73)60-40(49(72)62-43(28(2)64)51(74)75)26-78-77-25-39(59-45(68)36(55-41(66)24-76-53)20-29-10-4-3-5-11-29)48(71)57-37(21-30-15-17-32(65)18-16-30)46(69)58-38(22-31-23-54-34-13-7-6-12-33(31)34)47(70)56-35(44(67)61-42)14-8-9-19-52/h3-7,10-13,15-18,23,27-28,35-40,42-43,54,63-65H,8-9,14,19-22,24-26,52-53H2,1-2H3,(H,55,66)(H,56,70)(H,57,71)(H,58,69)(H,59,68)(H,60,73)(H,61,67)(H,62,72)(H,74,75)/t27?,28?,35-,36+,37-,38+,39-,40-,42-,43-/m0/s1. The van der Waals surface area contributed by atoms with E-state index in [9.17, 15) is 63.6 Å². The molecule has 0 spiro atoms. The zero-order chi connectivity index (χ0) is 56.9. The maximum absolute atomic E-state index is 14.9. The van der Waals surface area contributed by atoms with E-state index in [1.807, 2.05) is 0 Å². The van der Waals surface area contributed by atoms with E-state index in [-0.39, 0.29) is 50.2 Å². The molecule has 1 aliphatic heterocycles. The number of carbonyl (C=O) groups is 9. The van der Waals surface area contributed by atoms with Crippen molar-refractivity contribution in [1.29, 1.82) is 0 Å². The number of aliphatic hydroxyl groups excluding tert-OH is 2. The summed E-state index contributed by atoms with van der Waals surface area (Å²) in [6.45, 7) is 1.88. The van der Waals surface area contributed by atoms with Crippen LogP contribution >= 0.6 is 21.6 Å². The van der Waals surface area contributed by atoms with Crippen molar-refractivity contribution in [2.75, 3.05) is 24.7 Å². The van der Waals surface area contributed by atoms with Crippen molar-refractivity contribution in [3.05, 3.63) is 102 Å². The Morgan fingerprint density at radius 2 is 1.36 bits per heavy atom. The van der Waals surface area contributed by atoms with Crippen LogP contribution < -0.4 is 54.2 Å². The van der Waals surface area contributed by atoms with E-state index in [0.717, 1.165) is 28.5 Å². The molecule has 8 amide bonds. The predicted molar refractivity (Wildman–Crippen MR) is 288 cm³/mol. The summed E-state index contributed by atoms with van der Waals surface area (Å²) in [5.41, 5.74) is 8.11. The van der Waals surface area contributed by atoms with E-state index in [2.05, 4.69) is 52.4 Å². The summed E-state index contributed by atoms with van der Waals surface area (Å²) in [4.78, 5) is 133. The quantitative estimate of drug-likeness (QED) is 0.0260. The molecule has 1 saturated heterocycles. The number of hydrogen-bond acceptors (Lipinski definition) is 17. The number of aromatic nitrogens is 1. The van der Waals surface area contributed by atoms with Crippen LogP contribution in [0.5, 0.6) is 5.75 Å². The molecule has 0 aliphatic carbocycles. The molecule has 1 aromatic heterocycles. The molecule has 1 fully saturated rings. The summed E-state index contributed by atoms with van der Waals surface area (Å²) < 4.78 is 0. The molecule has 27 heteroatoms. The number of phenolic OH excluding ortho intramolecular Hbond substituents is 1. The van der Waals surface area contributed by atoms with Gasteiger partial charge >= 0.3 is 5.97 Å². The summed E-state index contributed by atoms with van der Waals surface area (Å²) >= 11 is 0. The SMILES string of the molecule is CC(O)[C@H](NC(=O)[C@@H]1CSSC[C@H](NC(=O)[C@@H](Cc2ccccc2)NC(=O)CON)C(=O)N[C@@H](Cc2ccc(O)cc2)C(=O)N[C@H](Cc2c[nH]c3ccccc23)C(=O)N[C@@H](CCCCN)C(=O)N[C@@H](C(C)O)C(=O)N1)C(=O)O. The zero-order valence-electron chi connectivity index (χ0n) is 42.8. The number of hydrogen-bond donors (Lipinski definition) is 15. The van der Waals surface area contributed by atoms with Crippen molar-refractivity contribution in [2.24, 2.45) is 11.6 Å². The fourth-order valence-corrected chi connectivity index (χ4v) is 10.5. The molecule has 10 atom stereocenters. The van der Waals surface area contributed by atoms with Gasteiger partial charge in [-0.1, -0.05) is 82.3 Å². The number of carboxylic acid groups (broad SMARTS) is 1. The molecule has 422 valence electrons. The van der Waals surface area contributed by atoms with Gasteiger partial charge < -0.3 is 73.7 Å². The lowest BCUT2D eigenvalue weighted by atomic mass is 10.0. The van der Waals surface area contributed by atoms with Gasteiger partial charge in [-0.2, -0.15) is 0 Å². The maximum Gasteiger partial charge on any atom is 0.328 e. The van der Waals surface area contributed by atoms with Crippen LogP contribution in [0.3, 0.4) is 0 Å². The number of para-hydroxylation sites is 1. The molecule has 2 heterocycles. The molecular formula is C51H67N11O14S2. The minimum Gasteiger partial charge on any atom is -0.508 e. The van der Waals surface area contributed by atoms with Crippen LogP contribution in [0.2, 0.25) is 0 Å². The number of H-pyrrole nitrogens is 1. The summed E-state index contributed by atoms with van der Waals surface area (Å²) in [6.07, 6.45) is -1.45. The number of aromatic amines is 1. The normalized spacial score (nSPS) is 21.7. The molecule has 0 saturated carbocycles. The third kappa shape index (κ3) is 18.7. The third-order valence-electron chi connectivity index (χ3n) is 12.4. The molecule has 0 bridgehead atoms. The average Bonchev–Trinajstić information content (AvgIpc) is 3.81. The molecule has 4 aromatic rings. The predicted octanol–water partition coefficient (Wildman–Crippen LogP) is -1.96. The van der Waals surface area contributed by atoms with Crippen molar-refractivity contribution in [1.82, 2.24) is 47.5 Å². The molecule has 3 aromatic carbocycles. The number of benzene rings is 3. The number of amides is 8. The van der Waals surface area contributed by atoms with E-state index in [1.165, 1.54) is 31.2 Å². The van der Waals surface area contributed by atoms with Crippen LogP contribution in [0, 0.1) is 0 Å². The molecular weight excluding hydrogens is 1050 g/mol. The topological polar surface area (TPSA) is 408 Å². The van der Waals surface area contributed by atoms with E-state index in [4.69, 9.17) is 11.6 Å². The molecule has 0 radical (unpaired) electrons. The number of carbonyl (C=O) groups excluding carboxylic acids is 8. The number of fused-ring (bicyclic) bond motifs is 1. The first-order chi connectivity index (χ1) is 37.3. The lowest BCUT2D eigenvalue weighted by molar-refractivity contribution is -0.145. The molecule has 5 rings (SSSR count). The van der Waals surface area contributed by atoms with Crippen molar-refractivity contribution in [2.45, 2.75) is 113 Å². The van der Waals surface area contributed by atoms with Crippen LogP contribution in [-0.2, 0) is 67.3 Å². The molecule has 25 nitrogen and oxygen atoms in total. The lowest BCUT2D eigenvalue weighted by Gasteiger charge is -2.29.